The summed E-state index contributed by atoms with van der Waals surface area (Å²) in [5, 5.41) is 0. The van der Waals surface area contributed by atoms with E-state index in [1.165, 1.54) is 18.4 Å². The fourth-order valence-electron chi connectivity index (χ4n) is 2.30. The van der Waals surface area contributed by atoms with Crippen LogP contribution in [0, 0.1) is 12.3 Å². The van der Waals surface area contributed by atoms with E-state index >= 15 is 0 Å². The zero-order valence-corrected chi connectivity index (χ0v) is 12.9. The predicted molar refractivity (Wildman–Crippen MR) is 81.1 cm³/mol. The summed E-state index contributed by atoms with van der Waals surface area (Å²) in [7, 11) is 1.70. The number of aryl methyl sites for hydroxylation is 1. The van der Waals surface area contributed by atoms with E-state index in [-0.39, 0.29) is 6.04 Å². The molecule has 0 saturated carbocycles. The van der Waals surface area contributed by atoms with Gasteiger partial charge in [-0.15, -0.1) is 0 Å². The number of benzene rings is 1. The third-order valence-electron chi connectivity index (χ3n) is 3.44. The molecule has 19 heavy (non-hydrogen) atoms. The van der Waals surface area contributed by atoms with Gasteiger partial charge in [-0.05, 0) is 42.4 Å². The number of rotatable bonds is 6. The lowest BCUT2D eigenvalue weighted by Gasteiger charge is -2.21. The SMILES string of the molecule is COc1ccc(C(CCCC(C)(C)C)NN)cc1C. The molecule has 3 N–H and O–H groups in total. The minimum Gasteiger partial charge on any atom is -0.496 e. The van der Waals surface area contributed by atoms with Crippen molar-refractivity contribution in [2.75, 3.05) is 7.11 Å². The molecule has 108 valence electrons. The van der Waals surface area contributed by atoms with Crippen LogP contribution in [0.25, 0.3) is 0 Å². The molecule has 1 aromatic rings. The van der Waals surface area contributed by atoms with E-state index in [2.05, 4.69) is 45.3 Å². The van der Waals surface area contributed by atoms with Crippen LogP contribution in [0.15, 0.2) is 18.2 Å². The maximum Gasteiger partial charge on any atom is 0.121 e. The molecule has 0 radical (unpaired) electrons. The second-order valence-electron chi connectivity index (χ2n) is 6.40. The second kappa shape index (κ2) is 6.92. The fourth-order valence-corrected chi connectivity index (χ4v) is 2.30. The highest BCUT2D eigenvalue weighted by Gasteiger charge is 2.14. The first-order valence-corrected chi connectivity index (χ1v) is 6.98. The number of nitrogens with two attached hydrogens (primary N) is 1. The molecule has 0 aliphatic heterocycles. The highest BCUT2D eigenvalue weighted by Crippen LogP contribution is 2.28. The van der Waals surface area contributed by atoms with Crippen LogP contribution < -0.4 is 16.0 Å². The molecule has 0 heterocycles. The van der Waals surface area contributed by atoms with Crippen molar-refractivity contribution in [2.24, 2.45) is 11.3 Å². The number of hydrogen-bond donors (Lipinski definition) is 2. The van der Waals surface area contributed by atoms with Crippen LogP contribution in [0.3, 0.4) is 0 Å². The molecule has 1 aromatic carbocycles. The van der Waals surface area contributed by atoms with Crippen molar-refractivity contribution in [3.63, 3.8) is 0 Å². The molecule has 3 nitrogen and oxygen atoms in total. The molecule has 0 bridgehead atoms. The average Bonchev–Trinajstić information content (AvgIpc) is 2.33. The normalized spacial score (nSPS) is 13.4. The summed E-state index contributed by atoms with van der Waals surface area (Å²) < 4.78 is 5.29. The van der Waals surface area contributed by atoms with Crippen LogP contribution in [-0.4, -0.2) is 7.11 Å². The molecule has 0 aromatic heterocycles. The average molecular weight is 264 g/mol. The lowest BCUT2D eigenvalue weighted by Crippen LogP contribution is -2.28. The van der Waals surface area contributed by atoms with Gasteiger partial charge in [-0.2, -0.15) is 0 Å². The number of ether oxygens (including phenoxy) is 1. The standard InChI is InChI=1S/C16H28N2O/c1-12-11-13(8-9-15(12)19-5)14(18-17)7-6-10-16(2,3)4/h8-9,11,14,18H,6-7,10,17H2,1-5H3. The van der Waals surface area contributed by atoms with E-state index in [9.17, 15) is 0 Å². The van der Waals surface area contributed by atoms with E-state index in [1.54, 1.807) is 7.11 Å². The van der Waals surface area contributed by atoms with Crippen LogP contribution in [0.4, 0.5) is 0 Å². The molecule has 0 aliphatic rings. The van der Waals surface area contributed by atoms with Crippen LogP contribution in [0.2, 0.25) is 0 Å². The van der Waals surface area contributed by atoms with E-state index in [4.69, 9.17) is 10.6 Å². The quantitative estimate of drug-likeness (QED) is 0.608. The number of nitrogens with one attached hydrogen (secondary N) is 1. The van der Waals surface area contributed by atoms with Gasteiger partial charge >= 0.3 is 0 Å². The van der Waals surface area contributed by atoms with Crippen LogP contribution >= 0.6 is 0 Å². The Labute approximate surface area is 117 Å². The molecule has 1 atom stereocenters. The highest BCUT2D eigenvalue weighted by molar-refractivity contribution is 5.37. The Morgan fingerprint density at radius 1 is 1.32 bits per heavy atom. The Bertz CT molecular complexity index is 396. The van der Waals surface area contributed by atoms with E-state index in [1.807, 2.05) is 6.07 Å². The van der Waals surface area contributed by atoms with Gasteiger partial charge in [0.1, 0.15) is 5.75 Å². The molecule has 1 rings (SSSR count). The van der Waals surface area contributed by atoms with Gasteiger partial charge in [0, 0.05) is 6.04 Å². The summed E-state index contributed by atoms with van der Waals surface area (Å²) in [6, 6.07) is 6.47. The van der Waals surface area contributed by atoms with Crippen LogP contribution in [0.1, 0.15) is 57.2 Å². The number of hydrazine groups is 1. The van der Waals surface area contributed by atoms with Gasteiger partial charge in [-0.1, -0.05) is 39.3 Å². The summed E-state index contributed by atoms with van der Waals surface area (Å²) in [4.78, 5) is 0. The zero-order valence-electron chi connectivity index (χ0n) is 12.9. The van der Waals surface area contributed by atoms with Crippen molar-refractivity contribution in [1.29, 1.82) is 0 Å². The molecule has 3 heteroatoms. The summed E-state index contributed by atoms with van der Waals surface area (Å²) >= 11 is 0. The summed E-state index contributed by atoms with van der Waals surface area (Å²) in [6.07, 6.45) is 3.43. The van der Waals surface area contributed by atoms with Crippen molar-refractivity contribution in [1.82, 2.24) is 5.43 Å². The van der Waals surface area contributed by atoms with Gasteiger partial charge in [0.2, 0.25) is 0 Å². The van der Waals surface area contributed by atoms with E-state index in [0.717, 1.165) is 17.7 Å². The minimum atomic E-state index is 0.215. The Morgan fingerprint density at radius 3 is 2.47 bits per heavy atom. The van der Waals surface area contributed by atoms with Gasteiger partial charge < -0.3 is 4.74 Å². The Hall–Kier alpha value is -1.06. The minimum absolute atomic E-state index is 0.215. The van der Waals surface area contributed by atoms with Gasteiger partial charge in [-0.3, -0.25) is 11.3 Å². The first-order chi connectivity index (χ1) is 8.87. The third-order valence-corrected chi connectivity index (χ3v) is 3.44. The van der Waals surface area contributed by atoms with Crippen molar-refractivity contribution in [2.45, 2.75) is 53.0 Å². The van der Waals surface area contributed by atoms with Crippen molar-refractivity contribution in [3.05, 3.63) is 29.3 Å². The summed E-state index contributed by atoms with van der Waals surface area (Å²) in [5.41, 5.74) is 5.69. The number of methoxy groups -OCH3 is 1. The Balaban J connectivity index is 2.67. The Morgan fingerprint density at radius 2 is 2.00 bits per heavy atom. The Kier molecular flexibility index (Phi) is 5.83. The van der Waals surface area contributed by atoms with Gasteiger partial charge in [0.25, 0.3) is 0 Å². The molecule has 0 saturated heterocycles. The fraction of sp³-hybridized carbons (Fsp3) is 0.625. The molecular formula is C16H28N2O. The molecule has 0 amide bonds. The summed E-state index contributed by atoms with van der Waals surface area (Å²) in [6.45, 7) is 8.88. The summed E-state index contributed by atoms with van der Waals surface area (Å²) in [5.74, 6) is 6.62. The molecule has 0 fully saturated rings. The van der Waals surface area contributed by atoms with E-state index < -0.39 is 0 Å². The first-order valence-electron chi connectivity index (χ1n) is 6.98. The molecule has 0 aliphatic carbocycles. The third kappa shape index (κ3) is 5.21. The maximum atomic E-state index is 5.69. The monoisotopic (exact) mass is 264 g/mol. The lowest BCUT2D eigenvalue weighted by molar-refractivity contribution is 0.344. The van der Waals surface area contributed by atoms with Crippen molar-refractivity contribution in [3.8, 4) is 5.75 Å². The van der Waals surface area contributed by atoms with Gasteiger partial charge in [0.15, 0.2) is 0 Å². The van der Waals surface area contributed by atoms with Crippen LogP contribution in [-0.2, 0) is 0 Å². The van der Waals surface area contributed by atoms with Crippen molar-refractivity contribution < 1.29 is 4.74 Å². The highest BCUT2D eigenvalue weighted by atomic mass is 16.5. The topological polar surface area (TPSA) is 47.3 Å². The van der Waals surface area contributed by atoms with Crippen LogP contribution in [0.5, 0.6) is 5.75 Å². The molecular weight excluding hydrogens is 236 g/mol. The molecule has 0 spiro atoms. The molecule has 1 unspecified atom stereocenters. The van der Waals surface area contributed by atoms with Gasteiger partial charge in [-0.25, -0.2) is 0 Å². The van der Waals surface area contributed by atoms with E-state index in [0.29, 0.717) is 5.41 Å². The largest absolute Gasteiger partial charge is 0.496 e. The zero-order chi connectivity index (χ0) is 14.5. The van der Waals surface area contributed by atoms with Gasteiger partial charge in [0.05, 0.1) is 7.11 Å². The first kappa shape index (κ1) is 16.0. The number of hydrogen-bond acceptors (Lipinski definition) is 3. The second-order valence-corrected chi connectivity index (χ2v) is 6.40. The smallest absolute Gasteiger partial charge is 0.121 e. The van der Waals surface area contributed by atoms with Crippen molar-refractivity contribution >= 4 is 0 Å². The predicted octanol–water partition coefficient (Wildman–Crippen LogP) is 3.72. The lowest BCUT2D eigenvalue weighted by atomic mass is 9.88. The maximum absolute atomic E-state index is 5.69.